The van der Waals surface area contributed by atoms with Gasteiger partial charge in [-0.25, -0.2) is 19.0 Å². The number of benzene rings is 1. The van der Waals surface area contributed by atoms with Crippen LogP contribution in [0.15, 0.2) is 47.6 Å². The Kier molecular flexibility index (Phi) is 8.06. The molecule has 0 saturated heterocycles. The summed E-state index contributed by atoms with van der Waals surface area (Å²) < 4.78 is 15.4. The summed E-state index contributed by atoms with van der Waals surface area (Å²) in [5, 5.41) is 11.1. The van der Waals surface area contributed by atoms with E-state index in [4.69, 9.17) is 0 Å². The molecule has 3 rings (SSSR count). The Labute approximate surface area is 187 Å². The van der Waals surface area contributed by atoms with E-state index in [9.17, 15) is 4.39 Å². The fraction of sp³-hybridized carbons (Fsp3) is 0.348. The summed E-state index contributed by atoms with van der Waals surface area (Å²) in [6.07, 6.45) is 3.84. The van der Waals surface area contributed by atoms with Crippen molar-refractivity contribution in [3.8, 4) is 5.82 Å². The van der Waals surface area contributed by atoms with Crippen molar-refractivity contribution in [2.75, 3.05) is 12.8 Å². The standard InChI is InChI=1S/C23H29FN6S/c1-5-25-23(28-14-19-7-8-21(24)11-20(19)15-31-4)27-13-18-6-9-22(26-12-18)30-17(3)10-16(2)29-30/h6-12H,5,13-15H2,1-4H3,(H2,25,27,28). The molecule has 1 aromatic carbocycles. The lowest BCUT2D eigenvalue weighted by Crippen LogP contribution is -2.37. The van der Waals surface area contributed by atoms with Gasteiger partial charge in [0, 0.05) is 30.7 Å². The Bertz CT molecular complexity index is 1030. The van der Waals surface area contributed by atoms with E-state index in [1.54, 1.807) is 17.8 Å². The molecule has 2 aromatic heterocycles. The number of hydrogen-bond donors (Lipinski definition) is 2. The first-order valence-corrected chi connectivity index (χ1v) is 11.7. The molecule has 0 atom stereocenters. The molecule has 0 radical (unpaired) electrons. The van der Waals surface area contributed by atoms with Gasteiger partial charge in [-0.2, -0.15) is 16.9 Å². The predicted molar refractivity (Wildman–Crippen MR) is 126 cm³/mol. The largest absolute Gasteiger partial charge is 0.357 e. The second-order valence-corrected chi connectivity index (χ2v) is 8.12. The maximum atomic E-state index is 13.6. The summed E-state index contributed by atoms with van der Waals surface area (Å²) in [4.78, 5) is 9.20. The Hall–Kier alpha value is -2.87. The number of pyridine rings is 1. The minimum atomic E-state index is -0.204. The molecular weight excluding hydrogens is 411 g/mol. The highest BCUT2D eigenvalue weighted by Gasteiger charge is 2.07. The molecule has 3 aromatic rings. The Morgan fingerprint density at radius 1 is 1.13 bits per heavy atom. The molecule has 0 aliphatic rings. The first-order chi connectivity index (χ1) is 15.0. The number of halogens is 1. The number of nitrogens with zero attached hydrogens (tertiary/aromatic N) is 4. The molecule has 31 heavy (non-hydrogen) atoms. The van der Waals surface area contributed by atoms with Crippen LogP contribution in [0.25, 0.3) is 5.82 Å². The molecule has 6 nitrogen and oxygen atoms in total. The van der Waals surface area contributed by atoms with Gasteiger partial charge in [0.25, 0.3) is 0 Å². The smallest absolute Gasteiger partial charge is 0.191 e. The van der Waals surface area contributed by atoms with Crippen molar-refractivity contribution in [1.82, 2.24) is 25.4 Å². The van der Waals surface area contributed by atoms with Crippen molar-refractivity contribution in [3.05, 3.63) is 76.5 Å². The van der Waals surface area contributed by atoms with Crippen LogP contribution in [0.3, 0.4) is 0 Å². The quantitative estimate of drug-likeness (QED) is 0.407. The van der Waals surface area contributed by atoms with Gasteiger partial charge in [0.05, 0.1) is 12.2 Å². The number of hydrogen-bond acceptors (Lipinski definition) is 4. The molecule has 0 saturated carbocycles. The van der Waals surface area contributed by atoms with Gasteiger partial charge in [-0.15, -0.1) is 0 Å². The molecule has 0 amide bonds. The van der Waals surface area contributed by atoms with Crippen LogP contribution in [0.1, 0.15) is 35.0 Å². The van der Waals surface area contributed by atoms with Gasteiger partial charge in [-0.1, -0.05) is 12.1 Å². The van der Waals surface area contributed by atoms with E-state index >= 15 is 0 Å². The van der Waals surface area contributed by atoms with Gasteiger partial charge >= 0.3 is 0 Å². The van der Waals surface area contributed by atoms with E-state index < -0.39 is 0 Å². The minimum absolute atomic E-state index is 0.204. The average Bonchev–Trinajstić information content (AvgIpc) is 3.09. The highest BCUT2D eigenvalue weighted by Crippen LogP contribution is 2.17. The van der Waals surface area contributed by atoms with Gasteiger partial charge in [-0.3, -0.25) is 0 Å². The second kappa shape index (κ2) is 10.9. The summed E-state index contributed by atoms with van der Waals surface area (Å²) in [7, 11) is 0. The molecule has 2 N–H and O–H groups in total. The normalized spacial score (nSPS) is 11.6. The molecule has 164 valence electrons. The third-order valence-electron chi connectivity index (χ3n) is 4.71. The molecule has 8 heteroatoms. The van der Waals surface area contributed by atoms with Crippen LogP contribution in [0.2, 0.25) is 0 Å². The Morgan fingerprint density at radius 3 is 2.61 bits per heavy atom. The van der Waals surface area contributed by atoms with Crippen LogP contribution in [-0.4, -0.2) is 33.5 Å². The number of aliphatic imine (C=N–C) groups is 1. The van der Waals surface area contributed by atoms with Crippen molar-refractivity contribution in [2.24, 2.45) is 4.99 Å². The van der Waals surface area contributed by atoms with Gasteiger partial charge in [0.2, 0.25) is 0 Å². The summed E-state index contributed by atoms with van der Waals surface area (Å²) >= 11 is 1.68. The molecule has 0 fully saturated rings. The number of guanidine groups is 1. The Morgan fingerprint density at radius 2 is 1.97 bits per heavy atom. The van der Waals surface area contributed by atoms with Gasteiger partial charge in [0.1, 0.15) is 5.82 Å². The maximum Gasteiger partial charge on any atom is 0.191 e. The van der Waals surface area contributed by atoms with Crippen LogP contribution in [-0.2, 0) is 18.8 Å². The number of thioether (sulfide) groups is 1. The lowest BCUT2D eigenvalue weighted by Gasteiger charge is -2.14. The van der Waals surface area contributed by atoms with E-state index in [0.717, 1.165) is 46.2 Å². The number of aromatic nitrogens is 3. The summed E-state index contributed by atoms with van der Waals surface area (Å²) in [6, 6.07) is 10.9. The van der Waals surface area contributed by atoms with Crippen LogP contribution in [0.4, 0.5) is 4.39 Å². The molecule has 0 bridgehead atoms. The van der Waals surface area contributed by atoms with E-state index in [1.807, 2.05) is 62.2 Å². The van der Waals surface area contributed by atoms with Gasteiger partial charge in [-0.05, 0) is 68.0 Å². The highest BCUT2D eigenvalue weighted by atomic mass is 32.2. The van der Waals surface area contributed by atoms with Crippen LogP contribution < -0.4 is 10.6 Å². The van der Waals surface area contributed by atoms with Gasteiger partial charge in [0.15, 0.2) is 11.8 Å². The highest BCUT2D eigenvalue weighted by molar-refractivity contribution is 7.97. The van der Waals surface area contributed by atoms with Crippen molar-refractivity contribution in [3.63, 3.8) is 0 Å². The molecule has 0 aliphatic carbocycles. The second-order valence-electron chi connectivity index (χ2n) is 7.26. The van der Waals surface area contributed by atoms with Crippen LogP contribution in [0, 0.1) is 19.7 Å². The van der Waals surface area contributed by atoms with E-state index in [0.29, 0.717) is 19.0 Å². The third-order valence-corrected chi connectivity index (χ3v) is 5.31. The summed E-state index contributed by atoms with van der Waals surface area (Å²) in [5.41, 5.74) is 5.09. The first-order valence-electron chi connectivity index (χ1n) is 10.3. The molecule has 0 unspecified atom stereocenters. The van der Waals surface area contributed by atoms with Crippen LogP contribution in [0.5, 0.6) is 0 Å². The van der Waals surface area contributed by atoms with Crippen molar-refractivity contribution in [1.29, 1.82) is 0 Å². The fourth-order valence-electron chi connectivity index (χ4n) is 3.24. The monoisotopic (exact) mass is 440 g/mol. The van der Waals surface area contributed by atoms with Crippen molar-refractivity contribution < 1.29 is 4.39 Å². The lowest BCUT2D eigenvalue weighted by molar-refractivity contribution is 0.625. The SMILES string of the molecule is CCNC(=NCc1ccc(-n2nc(C)cc2C)nc1)NCc1ccc(F)cc1CSC. The summed E-state index contributed by atoms with van der Waals surface area (Å²) in [6.45, 7) is 7.84. The van der Waals surface area contributed by atoms with Crippen LogP contribution >= 0.6 is 11.8 Å². The van der Waals surface area contributed by atoms with E-state index in [1.165, 1.54) is 6.07 Å². The van der Waals surface area contributed by atoms with Crippen molar-refractivity contribution in [2.45, 2.75) is 39.6 Å². The van der Waals surface area contributed by atoms with Gasteiger partial charge < -0.3 is 10.6 Å². The zero-order chi connectivity index (χ0) is 22.2. The number of aryl methyl sites for hydroxylation is 2. The first kappa shape index (κ1) is 22.8. The topological polar surface area (TPSA) is 67.1 Å². The van der Waals surface area contributed by atoms with E-state index in [2.05, 4.69) is 25.7 Å². The predicted octanol–water partition coefficient (Wildman–Crippen LogP) is 4.14. The fourth-order valence-corrected chi connectivity index (χ4v) is 3.82. The Balaban J connectivity index is 1.66. The third kappa shape index (κ3) is 6.30. The van der Waals surface area contributed by atoms with E-state index in [-0.39, 0.29) is 5.82 Å². The minimum Gasteiger partial charge on any atom is -0.357 e. The molecular formula is C23H29FN6S. The maximum absolute atomic E-state index is 13.6. The molecule has 2 heterocycles. The van der Waals surface area contributed by atoms with Crippen molar-refractivity contribution >= 4 is 17.7 Å². The zero-order valence-corrected chi connectivity index (χ0v) is 19.3. The lowest BCUT2D eigenvalue weighted by atomic mass is 10.1. The zero-order valence-electron chi connectivity index (χ0n) is 18.4. The summed E-state index contributed by atoms with van der Waals surface area (Å²) in [5.74, 6) is 2.07. The average molecular weight is 441 g/mol. The number of nitrogens with one attached hydrogen (secondary N) is 2. The molecule has 0 aliphatic heterocycles. The molecule has 0 spiro atoms. The number of rotatable bonds is 8.